The summed E-state index contributed by atoms with van der Waals surface area (Å²) in [6, 6.07) is 4.24. The molecule has 0 amide bonds. The Bertz CT molecular complexity index is 619. The van der Waals surface area contributed by atoms with Crippen molar-refractivity contribution in [3.63, 3.8) is 0 Å². The molecule has 3 N–H and O–H groups in total. The van der Waals surface area contributed by atoms with Gasteiger partial charge in [-0.3, -0.25) is 4.79 Å². The molecular weight excluding hydrogens is 289 g/mol. The maximum atomic E-state index is 13.2. The topological polar surface area (TPSA) is 71.8 Å². The Morgan fingerprint density at radius 1 is 1.41 bits per heavy atom. The van der Waals surface area contributed by atoms with E-state index >= 15 is 0 Å². The third-order valence-corrected chi connectivity index (χ3v) is 2.78. The second-order valence-electron chi connectivity index (χ2n) is 3.58. The number of aromatic nitrogens is 2. The van der Waals surface area contributed by atoms with Gasteiger partial charge in [-0.1, -0.05) is 15.9 Å². The Morgan fingerprint density at radius 3 is 2.71 bits per heavy atom. The van der Waals surface area contributed by atoms with Gasteiger partial charge in [0.25, 0.3) is 5.56 Å². The summed E-state index contributed by atoms with van der Waals surface area (Å²) in [5.41, 5.74) is 6.08. The number of aromatic amines is 1. The highest BCUT2D eigenvalue weighted by atomic mass is 79.9. The van der Waals surface area contributed by atoms with Crippen LogP contribution in [0.15, 0.2) is 27.5 Å². The first kappa shape index (κ1) is 11.8. The summed E-state index contributed by atoms with van der Waals surface area (Å²) in [5.74, 6) is -0.0291. The van der Waals surface area contributed by atoms with Gasteiger partial charge in [-0.05, 0) is 25.1 Å². The molecule has 0 bridgehead atoms. The lowest BCUT2D eigenvalue weighted by atomic mass is 10.2. The van der Waals surface area contributed by atoms with Crippen molar-refractivity contribution in [2.45, 2.75) is 6.92 Å². The van der Waals surface area contributed by atoms with Gasteiger partial charge >= 0.3 is 0 Å². The van der Waals surface area contributed by atoms with Crippen molar-refractivity contribution in [1.29, 1.82) is 0 Å². The average molecular weight is 298 g/mol. The molecule has 0 unspecified atom stereocenters. The molecule has 6 heteroatoms. The second kappa shape index (κ2) is 4.29. The zero-order valence-corrected chi connectivity index (χ0v) is 10.5. The van der Waals surface area contributed by atoms with Gasteiger partial charge in [-0.2, -0.15) is 0 Å². The molecule has 0 spiro atoms. The lowest BCUT2D eigenvalue weighted by molar-refractivity contribution is 0.627. The fraction of sp³-hybridized carbons (Fsp3) is 0.0909. The highest BCUT2D eigenvalue weighted by Gasteiger charge is 2.08. The van der Waals surface area contributed by atoms with Crippen LogP contribution in [0.1, 0.15) is 5.56 Å². The smallest absolute Gasteiger partial charge is 0.256 e. The Labute approximate surface area is 105 Å². The molecule has 2 rings (SSSR count). The Kier molecular flexibility index (Phi) is 2.97. The van der Waals surface area contributed by atoms with Crippen molar-refractivity contribution in [2.24, 2.45) is 0 Å². The highest BCUT2D eigenvalue weighted by molar-refractivity contribution is 9.10. The number of nitrogens with one attached hydrogen (secondary N) is 1. The molecule has 4 nitrogen and oxygen atoms in total. The van der Waals surface area contributed by atoms with Gasteiger partial charge in [0.15, 0.2) is 0 Å². The molecular formula is C11H9BrFN3O. The van der Waals surface area contributed by atoms with Crippen LogP contribution in [0, 0.1) is 12.7 Å². The zero-order valence-electron chi connectivity index (χ0n) is 8.92. The molecule has 0 fully saturated rings. The van der Waals surface area contributed by atoms with Crippen molar-refractivity contribution in [2.75, 3.05) is 5.73 Å². The third-order valence-electron chi connectivity index (χ3n) is 2.32. The van der Waals surface area contributed by atoms with Gasteiger partial charge in [0.05, 0.1) is 5.56 Å². The van der Waals surface area contributed by atoms with Crippen LogP contribution >= 0.6 is 15.9 Å². The molecule has 0 radical (unpaired) electrons. The molecule has 17 heavy (non-hydrogen) atoms. The van der Waals surface area contributed by atoms with E-state index in [2.05, 4.69) is 25.9 Å². The van der Waals surface area contributed by atoms with Crippen LogP contribution < -0.4 is 11.3 Å². The predicted octanol–water partition coefficient (Wildman–Crippen LogP) is 2.23. The number of nitrogen functional groups attached to an aromatic ring is 1. The number of halogens is 2. The first-order valence-corrected chi connectivity index (χ1v) is 5.59. The van der Waals surface area contributed by atoms with Crippen molar-refractivity contribution in [3.8, 4) is 11.4 Å². The van der Waals surface area contributed by atoms with E-state index in [4.69, 9.17) is 5.73 Å². The van der Waals surface area contributed by atoms with Crippen LogP contribution in [-0.4, -0.2) is 9.97 Å². The minimum atomic E-state index is -0.420. The fourth-order valence-electron chi connectivity index (χ4n) is 1.38. The van der Waals surface area contributed by atoms with Gasteiger partial charge < -0.3 is 10.7 Å². The van der Waals surface area contributed by atoms with E-state index in [1.807, 2.05) is 0 Å². The summed E-state index contributed by atoms with van der Waals surface area (Å²) in [6.07, 6.45) is 0. The zero-order chi connectivity index (χ0) is 12.6. The molecule has 0 aliphatic carbocycles. The van der Waals surface area contributed by atoms with Crippen LogP contribution in [-0.2, 0) is 0 Å². The van der Waals surface area contributed by atoms with E-state index in [0.29, 0.717) is 15.6 Å². The summed E-state index contributed by atoms with van der Waals surface area (Å²) in [6.45, 7) is 1.58. The molecule has 1 heterocycles. The van der Waals surface area contributed by atoms with Crippen LogP contribution in [0.4, 0.5) is 10.2 Å². The maximum absolute atomic E-state index is 13.2. The minimum absolute atomic E-state index is 0.143. The molecule has 0 saturated heterocycles. The quantitative estimate of drug-likeness (QED) is 0.848. The first-order chi connectivity index (χ1) is 7.97. The summed E-state index contributed by atoms with van der Waals surface area (Å²) < 4.78 is 13.8. The normalized spacial score (nSPS) is 10.5. The standard InChI is InChI=1S/C11H9BrFN3O/c1-5-9(14)15-10(16-11(5)17)6-2-7(12)4-8(13)3-6/h2-4H,1H3,(H3,14,15,16,17). The van der Waals surface area contributed by atoms with Crippen LogP contribution in [0.5, 0.6) is 0 Å². The van der Waals surface area contributed by atoms with Crippen LogP contribution in [0.25, 0.3) is 11.4 Å². The summed E-state index contributed by atoms with van der Waals surface area (Å²) in [4.78, 5) is 18.1. The van der Waals surface area contributed by atoms with E-state index in [1.54, 1.807) is 13.0 Å². The number of rotatable bonds is 1. The van der Waals surface area contributed by atoms with Crippen molar-refractivity contribution < 1.29 is 4.39 Å². The lowest BCUT2D eigenvalue weighted by Gasteiger charge is -2.04. The highest BCUT2D eigenvalue weighted by Crippen LogP contribution is 2.22. The van der Waals surface area contributed by atoms with E-state index in [1.165, 1.54) is 12.1 Å². The maximum Gasteiger partial charge on any atom is 0.256 e. The molecule has 0 atom stereocenters. The fourth-order valence-corrected chi connectivity index (χ4v) is 1.84. The SMILES string of the molecule is Cc1c(N)nc(-c2cc(F)cc(Br)c2)[nH]c1=O. The Hall–Kier alpha value is -1.69. The van der Waals surface area contributed by atoms with E-state index in [9.17, 15) is 9.18 Å². The Balaban J connectivity index is 2.65. The number of benzene rings is 1. The van der Waals surface area contributed by atoms with Crippen LogP contribution in [0.2, 0.25) is 0 Å². The summed E-state index contributed by atoms with van der Waals surface area (Å²) in [5, 5.41) is 0. The first-order valence-electron chi connectivity index (χ1n) is 4.80. The lowest BCUT2D eigenvalue weighted by Crippen LogP contribution is -2.15. The Morgan fingerprint density at radius 2 is 2.12 bits per heavy atom. The van der Waals surface area contributed by atoms with Gasteiger partial charge in [-0.15, -0.1) is 0 Å². The molecule has 1 aromatic heterocycles. The largest absolute Gasteiger partial charge is 0.383 e. The summed E-state index contributed by atoms with van der Waals surface area (Å²) in [7, 11) is 0. The van der Waals surface area contributed by atoms with E-state index in [-0.39, 0.29) is 17.2 Å². The number of anilines is 1. The molecule has 0 saturated carbocycles. The van der Waals surface area contributed by atoms with Crippen molar-refractivity contribution in [1.82, 2.24) is 9.97 Å². The molecule has 2 aromatic rings. The predicted molar refractivity (Wildman–Crippen MR) is 67.1 cm³/mol. The van der Waals surface area contributed by atoms with E-state index < -0.39 is 5.82 Å². The molecule has 0 aliphatic heterocycles. The monoisotopic (exact) mass is 297 g/mol. The van der Waals surface area contributed by atoms with Gasteiger partial charge in [0.1, 0.15) is 17.5 Å². The number of hydrogen-bond donors (Lipinski definition) is 2. The second-order valence-corrected chi connectivity index (χ2v) is 4.50. The summed E-state index contributed by atoms with van der Waals surface area (Å²) >= 11 is 3.17. The number of nitrogens with two attached hydrogens (primary N) is 1. The average Bonchev–Trinajstić information content (AvgIpc) is 2.23. The molecule has 0 aliphatic rings. The van der Waals surface area contributed by atoms with Gasteiger partial charge in [-0.25, -0.2) is 9.37 Å². The van der Waals surface area contributed by atoms with E-state index in [0.717, 1.165) is 0 Å². The van der Waals surface area contributed by atoms with Crippen LogP contribution in [0.3, 0.4) is 0 Å². The van der Waals surface area contributed by atoms with Gasteiger partial charge in [0, 0.05) is 10.0 Å². The third kappa shape index (κ3) is 2.36. The van der Waals surface area contributed by atoms with Crippen molar-refractivity contribution in [3.05, 3.63) is 44.4 Å². The number of H-pyrrole nitrogens is 1. The van der Waals surface area contributed by atoms with Crippen molar-refractivity contribution >= 4 is 21.7 Å². The number of nitrogens with zero attached hydrogens (tertiary/aromatic N) is 1. The molecule has 88 valence electrons. The van der Waals surface area contributed by atoms with Gasteiger partial charge in [0.2, 0.25) is 0 Å². The number of hydrogen-bond acceptors (Lipinski definition) is 3. The molecule has 1 aromatic carbocycles. The minimum Gasteiger partial charge on any atom is -0.383 e.